The Labute approximate surface area is 178 Å². The van der Waals surface area contributed by atoms with E-state index in [-0.39, 0.29) is 0 Å². The van der Waals surface area contributed by atoms with Gasteiger partial charge in [0.2, 0.25) is 0 Å². The molecule has 5 nitrogen and oxygen atoms in total. The molecule has 3 heterocycles. The molecule has 7 heteroatoms. The van der Waals surface area contributed by atoms with Gasteiger partial charge in [0.25, 0.3) is 5.78 Å². The first-order chi connectivity index (χ1) is 13.3. The van der Waals surface area contributed by atoms with Gasteiger partial charge in [-0.05, 0) is 85.5 Å². The number of aromatic nitrogens is 4. The van der Waals surface area contributed by atoms with E-state index in [2.05, 4.69) is 39.0 Å². The normalized spacial score (nSPS) is 20.4. The predicted octanol–water partition coefficient (Wildman–Crippen LogP) is 4.70. The van der Waals surface area contributed by atoms with Crippen molar-refractivity contribution in [2.45, 2.75) is 49.8 Å². The van der Waals surface area contributed by atoms with Crippen LogP contribution in [-0.2, 0) is 10.2 Å². The first-order valence-corrected chi connectivity index (χ1v) is 10.8. The lowest BCUT2D eigenvalue weighted by molar-refractivity contribution is 0.197. The summed E-state index contributed by atoms with van der Waals surface area (Å²) in [6.07, 6.45) is 3.86. The molecule has 1 aromatic carbocycles. The van der Waals surface area contributed by atoms with Crippen molar-refractivity contribution in [2.24, 2.45) is 0 Å². The highest BCUT2D eigenvalue weighted by molar-refractivity contribution is 14.1. The lowest BCUT2D eigenvalue weighted by Gasteiger charge is -2.33. The van der Waals surface area contributed by atoms with Crippen LogP contribution in [0.5, 0.6) is 0 Å². The molecule has 148 valence electrons. The number of hydrogen-bond acceptors (Lipinski definition) is 4. The van der Waals surface area contributed by atoms with Crippen LogP contribution in [0.1, 0.15) is 53.8 Å². The summed E-state index contributed by atoms with van der Waals surface area (Å²) in [4.78, 5) is 11.2. The van der Waals surface area contributed by atoms with Crippen molar-refractivity contribution < 1.29 is 4.39 Å². The molecule has 0 amide bonds. The van der Waals surface area contributed by atoms with Crippen LogP contribution < -0.4 is 0 Å². The first-order valence-electron chi connectivity index (χ1n) is 9.69. The maximum atomic E-state index is 14.2. The molecule has 0 aliphatic carbocycles. The number of fused-ring (bicyclic) bond motifs is 1. The third-order valence-electron chi connectivity index (χ3n) is 5.57. The van der Waals surface area contributed by atoms with Gasteiger partial charge in [-0.1, -0.05) is 18.2 Å². The second-order valence-corrected chi connectivity index (χ2v) is 9.92. The number of piperidine rings is 1. The Kier molecular flexibility index (Phi) is 5.39. The second kappa shape index (κ2) is 7.67. The van der Waals surface area contributed by atoms with Gasteiger partial charge in [0, 0.05) is 24.7 Å². The Morgan fingerprint density at radius 2 is 2.11 bits per heavy atom. The van der Waals surface area contributed by atoms with Crippen molar-refractivity contribution in [3.8, 4) is 0 Å². The van der Waals surface area contributed by atoms with E-state index in [9.17, 15) is 4.39 Å². The van der Waals surface area contributed by atoms with Gasteiger partial charge in [0.05, 0.1) is 5.69 Å². The van der Waals surface area contributed by atoms with E-state index in [0.717, 1.165) is 49.3 Å². The molecule has 2 aromatic heterocycles. The molecule has 0 bridgehead atoms. The SMILES string of the molecule is Cc1cc(C2CCCN(Cc3ccc(C(C)(F)I)cc3C)C2)n2ncnc2n1. The zero-order chi connectivity index (χ0) is 19.9. The number of likely N-dealkylation sites (tertiary alicyclic amines) is 1. The molecular weight excluding hydrogens is 468 g/mol. The van der Waals surface area contributed by atoms with E-state index >= 15 is 0 Å². The molecule has 2 unspecified atom stereocenters. The maximum Gasteiger partial charge on any atom is 0.252 e. The number of alkyl halides is 2. The van der Waals surface area contributed by atoms with Crippen molar-refractivity contribution in [3.63, 3.8) is 0 Å². The summed E-state index contributed by atoms with van der Waals surface area (Å²) < 4.78 is 14.8. The fourth-order valence-corrected chi connectivity index (χ4v) is 4.41. The lowest BCUT2D eigenvalue weighted by Crippen LogP contribution is -2.35. The highest BCUT2D eigenvalue weighted by Crippen LogP contribution is 2.34. The van der Waals surface area contributed by atoms with Gasteiger partial charge >= 0.3 is 0 Å². The number of halogens is 2. The fourth-order valence-electron chi connectivity index (χ4n) is 4.08. The molecule has 0 saturated carbocycles. The van der Waals surface area contributed by atoms with Crippen LogP contribution in [0, 0.1) is 13.8 Å². The molecule has 28 heavy (non-hydrogen) atoms. The van der Waals surface area contributed by atoms with Crippen molar-refractivity contribution in [1.29, 1.82) is 0 Å². The molecule has 0 radical (unpaired) electrons. The fraction of sp³-hybridized carbons (Fsp3) is 0.476. The summed E-state index contributed by atoms with van der Waals surface area (Å²) in [6.45, 7) is 8.63. The minimum Gasteiger partial charge on any atom is -0.298 e. The lowest BCUT2D eigenvalue weighted by atomic mass is 9.93. The molecule has 3 aromatic rings. The minimum atomic E-state index is -1.33. The largest absolute Gasteiger partial charge is 0.298 e. The van der Waals surface area contributed by atoms with E-state index < -0.39 is 3.68 Å². The number of aryl methyl sites for hydroxylation is 2. The van der Waals surface area contributed by atoms with Crippen LogP contribution in [0.4, 0.5) is 4.39 Å². The van der Waals surface area contributed by atoms with Gasteiger partial charge in [-0.15, -0.1) is 0 Å². The van der Waals surface area contributed by atoms with E-state index in [1.165, 1.54) is 11.3 Å². The topological polar surface area (TPSA) is 46.3 Å². The summed E-state index contributed by atoms with van der Waals surface area (Å²) in [7, 11) is 0. The van der Waals surface area contributed by atoms with Crippen molar-refractivity contribution in [1.82, 2.24) is 24.5 Å². The Hall–Kier alpha value is -1.61. The average molecular weight is 493 g/mol. The maximum absolute atomic E-state index is 14.2. The third-order valence-corrected chi connectivity index (χ3v) is 6.20. The molecule has 0 spiro atoms. The van der Waals surface area contributed by atoms with Gasteiger partial charge in [-0.25, -0.2) is 13.9 Å². The highest BCUT2D eigenvalue weighted by Gasteiger charge is 2.26. The number of rotatable bonds is 4. The molecule has 1 aliphatic rings. The summed E-state index contributed by atoms with van der Waals surface area (Å²) >= 11 is 1.85. The van der Waals surface area contributed by atoms with Gasteiger partial charge in [-0.2, -0.15) is 10.1 Å². The highest BCUT2D eigenvalue weighted by atomic mass is 127. The summed E-state index contributed by atoms with van der Waals surface area (Å²) in [5.41, 5.74) is 5.31. The average Bonchev–Trinajstić information content (AvgIpc) is 3.10. The van der Waals surface area contributed by atoms with Crippen LogP contribution in [0.3, 0.4) is 0 Å². The second-order valence-electron chi connectivity index (χ2n) is 7.90. The summed E-state index contributed by atoms with van der Waals surface area (Å²) in [6, 6.07) is 8.12. The van der Waals surface area contributed by atoms with Gasteiger partial charge < -0.3 is 0 Å². The Bertz CT molecular complexity index is 994. The molecule has 1 saturated heterocycles. The zero-order valence-corrected chi connectivity index (χ0v) is 18.6. The van der Waals surface area contributed by atoms with Crippen LogP contribution in [-0.4, -0.2) is 37.6 Å². The number of hydrogen-bond donors (Lipinski definition) is 0. The Morgan fingerprint density at radius 1 is 1.29 bits per heavy atom. The standard InChI is InChI=1S/C21H25FIN5/c1-14-9-18(21(3,22)23)7-6-16(14)11-27-8-4-5-17(12-27)19-10-15(2)26-20-24-13-25-28(19)20/h6-7,9-10,13,17H,4-5,8,11-12H2,1-3H3. The van der Waals surface area contributed by atoms with E-state index in [1.807, 2.05) is 46.2 Å². The molecule has 0 N–H and O–H groups in total. The van der Waals surface area contributed by atoms with Crippen LogP contribution in [0.2, 0.25) is 0 Å². The minimum absolute atomic E-state index is 0.405. The van der Waals surface area contributed by atoms with Gasteiger partial charge in [-0.3, -0.25) is 4.90 Å². The summed E-state index contributed by atoms with van der Waals surface area (Å²) in [5, 5.41) is 4.38. The molecular formula is C21H25FIN5. The predicted molar refractivity (Wildman–Crippen MR) is 116 cm³/mol. The Morgan fingerprint density at radius 3 is 2.86 bits per heavy atom. The molecule has 1 fully saturated rings. The van der Waals surface area contributed by atoms with Crippen LogP contribution in [0.15, 0.2) is 30.6 Å². The quantitative estimate of drug-likeness (QED) is 0.391. The molecule has 1 aliphatic heterocycles. The van der Waals surface area contributed by atoms with Crippen molar-refractivity contribution >= 4 is 28.4 Å². The smallest absolute Gasteiger partial charge is 0.252 e. The van der Waals surface area contributed by atoms with E-state index in [1.54, 1.807) is 13.3 Å². The number of benzene rings is 1. The number of nitrogens with zero attached hydrogens (tertiary/aromatic N) is 5. The van der Waals surface area contributed by atoms with Gasteiger partial charge in [0.15, 0.2) is 3.68 Å². The van der Waals surface area contributed by atoms with E-state index in [0.29, 0.717) is 11.7 Å². The molecule has 2 atom stereocenters. The third kappa shape index (κ3) is 4.05. The molecule has 4 rings (SSSR count). The van der Waals surface area contributed by atoms with Crippen LogP contribution in [0.25, 0.3) is 5.78 Å². The van der Waals surface area contributed by atoms with E-state index in [4.69, 9.17) is 0 Å². The summed E-state index contributed by atoms with van der Waals surface area (Å²) in [5.74, 6) is 1.08. The monoisotopic (exact) mass is 493 g/mol. The van der Waals surface area contributed by atoms with Gasteiger partial charge in [0.1, 0.15) is 6.33 Å². The first kappa shape index (κ1) is 19.7. The Balaban J connectivity index is 1.54. The zero-order valence-electron chi connectivity index (χ0n) is 16.5. The van der Waals surface area contributed by atoms with Crippen molar-refractivity contribution in [2.75, 3.05) is 13.1 Å². The van der Waals surface area contributed by atoms with Crippen molar-refractivity contribution in [3.05, 3.63) is 58.7 Å². The van der Waals surface area contributed by atoms with Crippen LogP contribution >= 0.6 is 22.6 Å².